The molecule has 1 aliphatic rings. The summed E-state index contributed by atoms with van der Waals surface area (Å²) in [5.74, 6) is 1.03. The van der Waals surface area contributed by atoms with Gasteiger partial charge in [0.15, 0.2) is 11.5 Å². The van der Waals surface area contributed by atoms with Crippen LogP contribution < -0.4 is 9.47 Å². The van der Waals surface area contributed by atoms with Crippen LogP contribution in [-0.4, -0.2) is 12.9 Å². The molecule has 0 amide bonds. The van der Waals surface area contributed by atoms with Gasteiger partial charge in [-0.1, -0.05) is 0 Å². The topological polar surface area (TPSA) is 47.9 Å². The average molecular weight is 223 g/mol. The number of alkyl halides is 1. The third kappa shape index (κ3) is 1.90. The van der Waals surface area contributed by atoms with Gasteiger partial charge < -0.3 is 9.47 Å². The van der Waals surface area contributed by atoms with Crippen molar-refractivity contribution in [3.05, 3.63) is 23.3 Å². The number of isocyanates is 1. The fourth-order valence-electron chi connectivity index (χ4n) is 1.57. The van der Waals surface area contributed by atoms with Gasteiger partial charge in [-0.15, -0.1) is 0 Å². The number of fused-ring (bicyclic) bond motifs is 1. The number of rotatable bonds is 3. The van der Waals surface area contributed by atoms with E-state index in [2.05, 4.69) is 4.99 Å². The molecule has 1 aliphatic heterocycles. The molecule has 1 aromatic carbocycles. The summed E-state index contributed by atoms with van der Waals surface area (Å²) in [6.07, 6.45) is 0.338. The fourth-order valence-corrected chi connectivity index (χ4v) is 1.57. The van der Waals surface area contributed by atoms with Crippen molar-refractivity contribution in [1.29, 1.82) is 0 Å². The minimum absolute atomic E-state index is 0.108. The highest BCUT2D eigenvalue weighted by Crippen LogP contribution is 2.39. The third-order valence-corrected chi connectivity index (χ3v) is 2.35. The number of nitrogens with zero attached hydrogens (tertiary/aromatic N) is 1. The molecule has 1 aromatic rings. The number of hydrogen-bond acceptors (Lipinski definition) is 4. The number of aliphatic imine (C=N–C) groups is 1. The zero-order valence-electron chi connectivity index (χ0n) is 8.70. The normalized spacial score (nSPS) is 14.4. The van der Waals surface area contributed by atoms with Crippen LogP contribution in [-0.2, 0) is 11.3 Å². The van der Waals surface area contributed by atoms with Crippen molar-refractivity contribution < 1.29 is 18.7 Å². The summed E-state index contributed by atoms with van der Waals surface area (Å²) in [5.41, 5.74) is 1.12. The highest BCUT2D eigenvalue weighted by molar-refractivity contribution is 5.52. The zero-order chi connectivity index (χ0) is 11.5. The lowest BCUT2D eigenvalue weighted by atomic mass is 10.1. The molecule has 0 N–H and O–H groups in total. The molecular weight excluding hydrogens is 213 g/mol. The summed E-state index contributed by atoms with van der Waals surface area (Å²) in [6.45, 7) is 1.66. The van der Waals surface area contributed by atoms with Crippen LogP contribution in [0.15, 0.2) is 17.1 Å². The molecular formula is C11H10FNO3. The van der Waals surface area contributed by atoms with Crippen LogP contribution in [0.2, 0.25) is 0 Å². The predicted molar refractivity (Wildman–Crippen MR) is 53.9 cm³/mol. The Balaban J connectivity index is 2.44. The van der Waals surface area contributed by atoms with Crippen LogP contribution in [0.3, 0.4) is 0 Å². The Hall–Kier alpha value is -1.87. The van der Waals surface area contributed by atoms with E-state index in [9.17, 15) is 9.18 Å². The number of hydrogen-bond donors (Lipinski definition) is 0. The van der Waals surface area contributed by atoms with Crippen molar-refractivity contribution in [3.63, 3.8) is 0 Å². The number of benzene rings is 1. The summed E-state index contributed by atoms with van der Waals surface area (Å²) >= 11 is 0. The molecule has 0 saturated heterocycles. The number of ether oxygens (including phenoxy) is 2. The Labute approximate surface area is 91.7 Å². The van der Waals surface area contributed by atoms with Crippen LogP contribution >= 0.6 is 0 Å². The third-order valence-electron chi connectivity index (χ3n) is 2.35. The Morgan fingerprint density at radius 2 is 2.38 bits per heavy atom. The second-order valence-corrected chi connectivity index (χ2v) is 3.44. The van der Waals surface area contributed by atoms with Gasteiger partial charge in [0, 0.05) is 5.56 Å². The number of halogens is 1. The molecule has 0 bridgehead atoms. The van der Waals surface area contributed by atoms with Crippen LogP contribution in [0, 0.1) is 0 Å². The van der Waals surface area contributed by atoms with E-state index in [1.54, 1.807) is 12.1 Å². The second-order valence-electron chi connectivity index (χ2n) is 3.44. The first-order valence-electron chi connectivity index (χ1n) is 4.82. The molecule has 0 fully saturated rings. The molecule has 2 rings (SSSR count). The molecule has 0 aliphatic carbocycles. The summed E-state index contributed by atoms with van der Waals surface area (Å²) in [6, 6.07) is 3.22. The van der Waals surface area contributed by atoms with Crippen LogP contribution in [0.25, 0.3) is 0 Å². The van der Waals surface area contributed by atoms with E-state index < -0.39 is 6.17 Å². The average Bonchev–Trinajstić information content (AvgIpc) is 2.73. The lowest BCUT2D eigenvalue weighted by Gasteiger charge is -2.07. The molecule has 0 spiro atoms. The van der Waals surface area contributed by atoms with Gasteiger partial charge in [-0.3, -0.25) is 0 Å². The first-order valence-corrected chi connectivity index (χ1v) is 4.82. The van der Waals surface area contributed by atoms with Crippen molar-refractivity contribution in [1.82, 2.24) is 0 Å². The van der Waals surface area contributed by atoms with Crippen molar-refractivity contribution in [2.75, 3.05) is 6.79 Å². The summed E-state index contributed by atoms with van der Waals surface area (Å²) in [7, 11) is 0. The van der Waals surface area contributed by atoms with Crippen molar-refractivity contribution >= 4 is 6.08 Å². The van der Waals surface area contributed by atoms with Gasteiger partial charge in [-0.05, 0) is 24.6 Å². The molecule has 84 valence electrons. The van der Waals surface area contributed by atoms with E-state index in [-0.39, 0.29) is 13.3 Å². The smallest absolute Gasteiger partial charge is 0.235 e. The monoisotopic (exact) mass is 223 g/mol. The van der Waals surface area contributed by atoms with Gasteiger partial charge in [-0.25, -0.2) is 14.2 Å². The van der Waals surface area contributed by atoms with E-state index in [1.807, 2.05) is 0 Å². The van der Waals surface area contributed by atoms with Gasteiger partial charge in [0.2, 0.25) is 12.9 Å². The molecule has 4 nitrogen and oxygen atoms in total. The minimum atomic E-state index is -1.10. The van der Waals surface area contributed by atoms with E-state index in [1.165, 1.54) is 13.0 Å². The molecule has 16 heavy (non-hydrogen) atoms. The lowest BCUT2D eigenvalue weighted by Crippen LogP contribution is -1.94. The summed E-state index contributed by atoms with van der Waals surface area (Å²) in [5, 5.41) is 0. The van der Waals surface area contributed by atoms with E-state index >= 15 is 0 Å². The van der Waals surface area contributed by atoms with Gasteiger partial charge in [-0.2, -0.15) is 0 Å². The standard InChI is InChI=1S/C11H10FNO3/c1-7(12)8-2-9(4-13-5-14)11-10(3-8)15-6-16-11/h2-3,7H,4,6H2,1H3. The molecule has 5 heteroatoms. The van der Waals surface area contributed by atoms with Crippen LogP contribution in [0.5, 0.6) is 11.5 Å². The highest BCUT2D eigenvalue weighted by atomic mass is 19.1. The predicted octanol–water partition coefficient (Wildman–Crippen LogP) is 2.28. The molecule has 1 atom stereocenters. The van der Waals surface area contributed by atoms with Crippen LogP contribution in [0.4, 0.5) is 4.39 Å². The van der Waals surface area contributed by atoms with E-state index in [0.717, 1.165) is 0 Å². The first-order chi connectivity index (χ1) is 7.72. The van der Waals surface area contributed by atoms with E-state index in [0.29, 0.717) is 22.6 Å². The first kappa shape index (κ1) is 10.6. The van der Waals surface area contributed by atoms with Crippen molar-refractivity contribution in [2.24, 2.45) is 4.99 Å². The van der Waals surface area contributed by atoms with Gasteiger partial charge in [0.1, 0.15) is 6.17 Å². The maximum absolute atomic E-state index is 13.2. The second kappa shape index (κ2) is 4.33. The molecule has 0 saturated carbocycles. The van der Waals surface area contributed by atoms with Crippen molar-refractivity contribution in [2.45, 2.75) is 19.6 Å². The Morgan fingerprint density at radius 3 is 3.06 bits per heavy atom. The van der Waals surface area contributed by atoms with Crippen LogP contribution in [0.1, 0.15) is 24.2 Å². The van der Waals surface area contributed by atoms with E-state index in [4.69, 9.17) is 9.47 Å². The molecule has 1 heterocycles. The fraction of sp³-hybridized carbons (Fsp3) is 0.364. The Bertz CT molecular complexity index is 453. The number of carbonyl (C=O) groups excluding carboxylic acids is 1. The maximum Gasteiger partial charge on any atom is 0.235 e. The Kier molecular flexibility index (Phi) is 2.88. The Morgan fingerprint density at radius 1 is 1.56 bits per heavy atom. The minimum Gasteiger partial charge on any atom is -0.454 e. The quantitative estimate of drug-likeness (QED) is 0.583. The zero-order valence-corrected chi connectivity index (χ0v) is 8.70. The maximum atomic E-state index is 13.2. The highest BCUT2D eigenvalue weighted by Gasteiger charge is 2.20. The summed E-state index contributed by atoms with van der Waals surface area (Å²) < 4.78 is 23.6. The summed E-state index contributed by atoms with van der Waals surface area (Å²) in [4.78, 5) is 13.5. The molecule has 0 aromatic heterocycles. The molecule has 0 radical (unpaired) electrons. The van der Waals surface area contributed by atoms with Crippen molar-refractivity contribution in [3.8, 4) is 11.5 Å². The lowest BCUT2D eigenvalue weighted by molar-refractivity contribution is 0.173. The SMILES string of the molecule is CC(F)c1cc(CN=C=O)c2c(c1)OCO2. The van der Waals surface area contributed by atoms with Gasteiger partial charge >= 0.3 is 0 Å². The van der Waals surface area contributed by atoms with Gasteiger partial charge in [0.25, 0.3) is 0 Å². The largest absolute Gasteiger partial charge is 0.454 e. The van der Waals surface area contributed by atoms with Gasteiger partial charge in [0.05, 0.1) is 6.54 Å². The molecule has 1 unspecified atom stereocenters.